The van der Waals surface area contributed by atoms with Crippen LogP contribution < -0.4 is 5.32 Å². The van der Waals surface area contributed by atoms with E-state index in [0.29, 0.717) is 18.9 Å². The molecule has 0 radical (unpaired) electrons. The van der Waals surface area contributed by atoms with Crippen molar-refractivity contribution >= 4 is 5.97 Å². The predicted molar refractivity (Wildman–Crippen MR) is 96.5 cm³/mol. The van der Waals surface area contributed by atoms with Crippen LogP contribution in [0.15, 0.2) is 35.1 Å². The highest BCUT2D eigenvalue weighted by Crippen LogP contribution is 2.25. The van der Waals surface area contributed by atoms with Gasteiger partial charge in [0.2, 0.25) is 0 Å². The topological polar surface area (TPSA) is 65.4 Å². The Hall–Kier alpha value is -2.06. The lowest BCUT2D eigenvalue weighted by molar-refractivity contribution is -0.140. The molecule has 134 valence electrons. The van der Waals surface area contributed by atoms with Crippen LogP contribution in [0.5, 0.6) is 0 Å². The van der Waals surface area contributed by atoms with Gasteiger partial charge in [0.1, 0.15) is 11.6 Å². The highest BCUT2D eigenvalue weighted by atomic mass is 16.5. The fourth-order valence-corrected chi connectivity index (χ4v) is 3.75. The lowest BCUT2D eigenvalue weighted by Gasteiger charge is -2.31. The van der Waals surface area contributed by atoms with Crippen molar-refractivity contribution < 1.29 is 9.53 Å². The molecule has 2 aliphatic carbocycles. The molecule has 3 rings (SSSR count). The number of ether oxygens (including phenoxy) is 1. The summed E-state index contributed by atoms with van der Waals surface area (Å²) in [4.78, 5) is 14.7. The number of carbonyl (C=O) groups is 1. The Kier molecular flexibility index (Phi) is 6.30. The minimum Gasteiger partial charge on any atom is -0.461 e. The molecule has 0 aromatic carbocycles. The van der Waals surface area contributed by atoms with Crippen molar-refractivity contribution in [2.75, 3.05) is 32.8 Å². The first-order chi connectivity index (χ1) is 12.3. The van der Waals surface area contributed by atoms with E-state index in [0.717, 1.165) is 50.3 Å². The summed E-state index contributed by atoms with van der Waals surface area (Å²) in [5.74, 6) is -0.00451. The number of nitrogens with one attached hydrogen (secondary N) is 1. The molecule has 1 heterocycles. The summed E-state index contributed by atoms with van der Waals surface area (Å²) in [7, 11) is 0. The van der Waals surface area contributed by atoms with Gasteiger partial charge in [0.05, 0.1) is 6.61 Å². The molecule has 1 saturated carbocycles. The third-order valence-corrected chi connectivity index (χ3v) is 5.24. The number of esters is 1. The van der Waals surface area contributed by atoms with Crippen molar-refractivity contribution in [3.8, 4) is 6.07 Å². The SMILES string of the molecule is N#C/C(C(=O)OCC1CCCCC1)=C1\C=C(N2CCNCC2)C=CC1. The molecule has 0 unspecified atom stereocenters. The van der Waals surface area contributed by atoms with Gasteiger partial charge >= 0.3 is 5.97 Å². The number of piperazine rings is 1. The number of allylic oxidation sites excluding steroid dienone is 4. The molecular formula is C20H27N3O2. The third kappa shape index (κ3) is 4.73. The number of nitrogens with zero attached hydrogens (tertiary/aromatic N) is 2. The summed E-state index contributed by atoms with van der Waals surface area (Å²) in [6, 6.07) is 2.08. The molecule has 0 bridgehead atoms. The fraction of sp³-hybridized carbons (Fsp3) is 0.600. The van der Waals surface area contributed by atoms with Gasteiger partial charge in [0, 0.05) is 31.9 Å². The van der Waals surface area contributed by atoms with E-state index in [2.05, 4.69) is 22.4 Å². The average molecular weight is 341 g/mol. The van der Waals surface area contributed by atoms with Crippen LogP contribution in [0.4, 0.5) is 0 Å². The van der Waals surface area contributed by atoms with Gasteiger partial charge in [-0.25, -0.2) is 4.79 Å². The molecule has 1 saturated heterocycles. The lowest BCUT2D eigenvalue weighted by Crippen LogP contribution is -2.42. The van der Waals surface area contributed by atoms with Gasteiger partial charge in [-0.3, -0.25) is 0 Å². The molecule has 0 aromatic rings. The zero-order valence-electron chi connectivity index (χ0n) is 14.8. The minimum absolute atomic E-state index is 0.160. The van der Waals surface area contributed by atoms with Crippen LogP contribution in [0, 0.1) is 17.2 Å². The summed E-state index contributed by atoms with van der Waals surface area (Å²) in [6.07, 6.45) is 12.7. The van der Waals surface area contributed by atoms with Gasteiger partial charge < -0.3 is 15.0 Å². The highest BCUT2D eigenvalue weighted by Gasteiger charge is 2.21. The van der Waals surface area contributed by atoms with Crippen LogP contribution in [0.2, 0.25) is 0 Å². The van der Waals surface area contributed by atoms with Crippen LogP contribution in [-0.4, -0.2) is 43.7 Å². The largest absolute Gasteiger partial charge is 0.461 e. The summed E-state index contributed by atoms with van der Waals surface area (Å²) in [6.45, 7) is 4.24. The van der Waals surface area contributed by atoms with Crippen molar-refractivity contribution in [1.29, 1.82) is 5.26 Å². The smallest absolute Gasteiger partial charge is 0.349 e. The van der Waals surface area contributed by atoms with Gasteiger partial charge in [-0.05, 0) is 42.9 Å². The first-order valence-electron chi connectivity index (χ1n) is 9.42. The summed E-state index contributed by atoms with van der Waals surface area (Å²) < 4.78 is 5.47. The first-order valence-corrected chi connectivity index (χ1v) is 9.42. The normalized spacial score (nSPS) is 23.6. The van der Waals surface area contributed by atoms with Crippen LogP contribution >= 0.6 is 0 Å². The zero-order chi connectivity index (χ0) is 17.5. The van der Waals surface area contributed by atoms with Gasteiger partial charge in [0.25, 0.3) is 0 Å². The lowest BCUT2D eigenvalue weighted by atomic mass is 9.90. The van der Waals surface area contributed by atoms with Gasteiger partial charge in [-0.15, -0.1) is 0 Å². The molecular weight excluding hydrogens is 314 g/mol. The van der Waals surface area contributed by atoms with E-state index >= 15 is 0 Å². The minimum atomic E-state index is -0.464. The average Bonchev–Trinajstić information content (AvgIpc) is 2.69. The van der Waals surface area contributed by atoms with Crippen molar-refractivity contribution in [3.63, 3.8) is 0 Å². The third-order valence-electron chi connectivity index (χ3n) is 5.24. The Balaban J connectivity index is 1.66. The Bertz CT molecular complexity index is 615. The second kappa shape index (κ2) is 8.87. The van der Waals surface area contributed by atoms with Crippen molar-refractivity contribution in [3.05, 3.63) is 35.1 Å². The van der Waals surface area contributed by atoms with Crippen molar-refractivity contribution in [2.24, 2.45) is 5.92 Å². The number of nitriles is 1. The molecule has 3 aliphatic rings. The molecule has 0 aromatic heterocycles. The van der Waals surface area contributed by atoms with E-state index in [-0.39, 0.29) is 5.57 Å². The summed E-state index contributed by atoms with van der Waals surface area (Å²) in [5, 5.41) is 12.8. The van der Waals surface area contributed by atoms with Crippen LogP contribution in [0.1, 0.15) is 38.5 Å². The first kappa shape index (κ1) is 17.8. The zero-order valence-corrected chi connectivity index (χ0v) is 14.8. The Morgan fingerprint density at radius 2 is 2.04 bits per heavy atom. The summed E-state index contributed by atoms with van der Waals surface area (Å²) >= 11 is 0. The maximum absolute atomic E-state index is 12.4. The maximum atomic E-state index is 12.4. The second-order valence-corrected chi connectivity index (χ2v) is 7.03. The quantitative estimate of drug-likeness (QED) is 0.484. The van der Waals surface area contributed by atoms with Crippen LogP contribution in [-0.2, 0) is 9.53 Å². The highest BCUT2D eigenvalue weighted by molar-refractivity contribution is 5.94. The molecule has 2 fully saturated rings. The van der Waals surface area contributed by atoms with Crippen molar-refractivity contribution in [1.82, 2.24) is 10.2 Å². The standard InChI is InChI=1S/C20H27N3O2/c21-14-19(20(24)25-15-16-5-2-1-3-6-16)17-7-4-8-18(13-17)23-11-9-22-10-12-23/h4,8,13,16,22H,1-3,5-7,9-12,15H2/b19-17+. The predicted octanol–water partition coefficient (Wildman–Crippen LogP) is 2.68. The Morgan fingerprint density at radius 3 is 2.76 bits per heavy atom. The van der Waals surface area contributed by atoms with Crippen molar-refractivity contribution in [2.45, 2.75) is 38.5 Å². The fourth-order valence-electron chi connectivity index (χ4n) is 3.75. The molecule has 25 heavy (non-hydrogen) atoms. The molecule has 5 heteroatoms. The van der Waals surface area contributed by atoms with E-state index in [1.165, 1.54) is 19.3 Å². The number of rotatable bonds is 4. The van der Waals surface area contributed by atoms with E-state index in [4.69, 9.17) is 4.74 Å². The van der Waals surface area contributed by atoms with E-state index in [9.17, 15) is 10.1 Å². The number of carbonyl (C=O) groups excluding carboxylic acids is 1. The number of hydrogen-bond donors (Lipinski definition) is 1. The Morgan fingerprint density at radius 1 is 1.28 bits per heavy atom. The van der Waals surface area contributed by atoms with E-state index in [1.54, 1.807) is 0 Å². The second-order valence-electron chi connectivity index (χ2n) is 7.03. The Labute approximate surface area is 150 Å². The van der Waals surface area contributed by atoms with Crippen LogP contribution in [0.25, 0.3) is 0 Å². The monoisotopic (exact) mass is 341 g/mol. The molecule has 1 N–H and O–H groups in total. The molecule has 5 nitrogen and oxygen atoms in total. The van der Waals surface area contributed by atoms with Gasteiger partial charge in [-0.2, -0.15) is 5.26 Å². The van der Waals surface area contributed by atoms with Gasteiger partial charge in [0.15, 0.2) is 0 Å². The molecule has 0 amide bonds. The molecule has 0 spiro atoms. The number of hydrogen-bond acceptors (Lipinski definition) is 5. The summed E-state index contributed by atoms with van der Waals surface area (Å²) in [5.41, 5.74) is 2.01. The van der Waals surface area contributed by atoms with Crippen LogP contribution in [0.3, 0.4) is 0 Å². The molecule has 0 atom stereocenters. The molecule has 1 aliphatic heterocycles. The van der Waals surface area contributed by atoms with E-state index < -0.39 is 5.97 Å². The van der Waals surface area contributed by atoms with Gasteiger partial charge in [-0.1, -0.05) is 25.3 Å². The maximum Gasteiger partial charge on any atom is 0.349 e. The van der Waals surface area contributed by atoms with E-state index in [1.807, 2.05) is 12.2 Å².